The molecule has 1 saturated heterocycles. The molecule has 2 heterocycles. The van der Waals surface area contributed by atoms with Gasteiger partial charge in [0.2, 0.25) is 5.91 Å². The second kappa shape index (κ2) is 9.40. The first-order valence-electron chi connectivity index (χ1n) is 12.1. The number of amides is 1. The molecule has 1 atom stereocenters. The minimum Gasteiger partial charge on any atom is -0.494 e. The van der Waals surface area contributed by atoms with Crippen LogP contribution in [0.5, 0.6) is 5.75 Å². The Labute approximate surface area is 192 Å². The van der Waals surface area contributed by atoms with Gasteiger partial charge in [0.05, 0.1) is 6.61 Å². The van der Waals surface area contributed by atoms with Gasteiger partial charge in [0.1, 0.15) is 11.4 Å². The largest absolute Gasteiger partial charge is 0.494 e. The summed E-state index contributed by atoms with van der Waals surface area (Å²) in [6.45, 7) is 8.17. The Morgan fingerprint density at radius 2 is 1.78 bits per heavy atom. The topological polar surface area (TPSA) is 41.6 Å². The highest BCUT2D eigenvalue weighted by Crippen LogP contribution is 2.52. The highest BCUT2D eigenvalue weighted by Gasteiger charge is 2.57. The lowest BCUT2D eigenvalue weighted by Crippen LogP contribution is -2.68. The quantitative estimate of drug-likeness (QED) is 0.490. The number of para-hydroxylation sites is 1. The predicted octanol–water partition coefficient (Wildman–Crippen LogP) is 6.06. The number of anilines is 1. The molecule has 1 fully saturated rings. The Hall–Kier alpha value is -2.75. The van der Waals surface area contributed by atoms with Crippen molar-refractivity contribution in [1.82, 2.24) is 5.32 Å². The number of unbranched alkanes of at least 4 members (excludes halogenated alkanes) is 4. The second-order valence-corrected chi connectivity index (χ2v) is 9.52. The summed E-state index contributed by atoms with van der Waals surface area (Å²) < 4.78 is 5.90. The first-order valence-corrected chi connectivity index (χ1v) is 12.1. The van der Waals surface area contributed by atoms with Gasteiger partial charge in [0.15, 0.2) is 0 Å². The van der Waals surface area contributed by atoms with Gasteiger partial charge in [-0.05, 0) is 41.8 Å². The highest BCUT2D eigenvalue weighted by molar-refractivity contribution is 5.84. The van der Waals surface area contributed by atoms with Crippen LogP contribution in [0.25, 0.3) is 6.08 Å². The molecule has 1 amide bonds. The third-order valence-corrected chi connectivity index (χ3v) is 7.05. The number of benzene rings is 2. The van der Waals surface area contributed by atoms with E-state index < -0.39 is 5.66 Å². The summed E-state index contributed by atoms with van der Waals surface area (Å²) in [5, 5.41) is 3.33. The zero-order valence-corrected chi connectivity index (χ0v) is 19.7. The lowest BCUT2D eigenvalue weighted by atomic mass is 9.74. The van der Waals surface area contributed by atoms with Gasteiger partial charge in [-0.25, -0.2) is 0 Å². The van der Waals surface area contributed by atoms with Crippen LogP contribution in [0.4, 0.5) is 5.69 Å². The van der Waals surface area contributed by atoms with Gasteiger partial charge in [-0.2, -0.15) is 0 Å². The van der Waals surface area contributed by atoms with Crippen molar-refractivity contribution in [3.05, 3.63) is 65.7 Å². The van der Waals surface area contributed by atoms with E-state index in [0.717, 1.165) is 30.9 Å². The van der Waals surface area contributed by atoms with E-state index in [4.69, 9.17) is 4.74 Å². The zero-order chi connectivity index (χ0) is 22.6. The molecular weight excluding hydrogens is 396 g/mol. The number of carbonyl (C=O) groups is 1. The molecule has 170 valence electrons. The monoisotopic (exact) mass is 432 g/mol. The first kappa shape index (κ1) is 22.4. The second-order valence-electron chi connectivity index (χ2n) is 9.52. The summed E-state index contributed by atoms with van der Waals surface area (Å²) in [7, 11) is 0. The molecule has 2 aromatic carbocycles. The van der Waals surface area contributed by atoms with Crippen LogP contribution in [0, 0.1) is 0 Å². The average molecular weight is 433 g/mol. The molecule has 0 aliphatic carbocycles. The fourth-order valence-corrected chi connectivity index (χ4v) is 5.11. The van der Waals surface area contributed by atoms with E-state index in [9.17, 15) is 4.79 Å². The van der Waals surface area contributed by atoms with E-state index >= 15 is 0 Å². The molecular formula is C28H36N2O2. The summed E-state index contributed by atoms with van der Waals surface area (Å²) >= 11 is 0. The Kier molecular flexibility index (Phi) is 6.59. The summed E-state index contributed by atoms with van der Waals surface area (Å²) in [6.07, 6.45) is 11.0. The molecule has 1 N–H and O–H groups in total. The van der Waals surface area contributed by atoms with Crippen LogP contribution in [-0.4, -0.2) is 24.7 Å². The molecule has 4 rings (SSSR count). The summed E-state index contributed by atoms with van der Waals surface area (Å²) in [4.78, 5) is 14.9. The van der Waals surface area contributed by atoms with E-state index in [-0.39, 0.29) is 11.3 Å². The van der Waals surface area contributed by atoms with Crippen LogP contribution >= 0.6 is 0 Å². The van der Waals surface area contributed by atoms with E-state index in [0.29, 0.717) is 6.42 Å². The van der Waals surface area contributed by atoms with Gasteiger partial charge < -0.3 is 15.0 Å². The van der Waals surface area contributed by atoms with Crippen molar-refractivity contribution in [1.29, 1.82) is 0 Å². The van der Waals surface area contributed by atoms with E-state index in [1.165, 1.54) is 36.9 Å². The molecule has 32 heavy (non-hydrogen) atoms. The molecule has 2 aliphatic heterocycles. The number of ether oxygens (including phenoxy) is 1. The van der Waals surface area contributed by atoms with Crippen LogP contribution in [0.1, 0.15) is 70.4 Å². The number of fused-ring (bicyclic) bond motifs is 3. The number of rotatable bonds is 9. The van der Waals surface area contributed by atoms with Crippen molar-refractivity contribution in [2.45, 2.75) is 70.4 Å². The van der Waals surface area contributed by atoms with Crippen LogP contribution in [0.15, 0.2) is 54.6 Å². The van der Waals surface area contributed by atoms with Gasteiger partial charge in [0.25, 0.3) is 0 Å². The number of hydrogen-bond acceptors (Lipinski definition) is 3. The lowest BCUT2D eigenvalue weighted by Gasteiger charge is -2.49. The minimum atomic E-state index is -0.570. The van der Waals surface area contributed by atoms with Crippen molar-refractivity contribution in [2.75, 3.05) is 18.1 Å². The van der Waals surface area contributed by atoms with Crippen LogP contribution in [-0.2, 0) is 10.2 Å². The van der Waals surface area contributed by atoms with Crippen molar-refractivity contribution >= 4 is 17.7 Å². The summed E-state index contributed by atoms with van der Waals surface area (Å²) in [5.74, 6) is 1.02. The zero-order valence-electron chi connectivity index (χ0n) is 19.7. The maximum atomic E-state index is 12.5. The fraction of sp³-hybridized carbons (Fsp3) is 0.464. The average Bonchev–Trinajstić information content (AvgIpc) is 2.99. The molecule has 4 nitrogen and oxygen atoms in total. The van der Waals surface area contributed by atoms with Gasteiger partial charge in [0, 0.05) is 24.1 Å². The predicted molar refractivity (Wildman–Crippen MR) is 132 cm³/mol. The van der Waals surface area contributed by atoms with Gasteiger partial charge in [-0.3, -0.25) is 4.79 Å². The molecule has 1 unspecified atom stereocenters. The van der Waals surface area contributed by atoms with Gasteiger partial charge in [-0.15, -0.1) is 0 Å². The molecule has 0 aromatic heterocycles. The first-order chi connectivity index (χ1) is 15.5. The van der Waals surface area contributed by atoms with Gasteiger partial charge >= 0.3 is 0 Å². The minimum absolute atomic E-state index is 0.106. The Morgan fingerprint density at radius 1 is 1.03 bits per heavy atom. The van der Waals surface area contributed by atoms with E-state index in [1.54, 1.807) is 0 Å². The normalized spacial score (nSPS) is 21.3. The van der Waals surface area contributed by atoms with Crippen molar-refractivity contribution in [3.8, 4) is 5.75 Å². The third kappa shape index (κ3) is 4.15. The Morgan fingerprint density at radius 3 is 2.56 bits per heavy atom. The smallest absolute Gasteiger partial charge is 0.223 e. The molecule has 4 heteroatoms. The summed E-state index contributed by atoms with van der Waals surface area (Å²) in [6, 6.07) is 16.8. The number of nitrogens with one attached hydrogen (secondary N) is 1. The van der Waals surface area contributed by atoms with Crippen LogP contribution < -0.4 is 15.0 Å². The molecule has 0 saturated carbocycles. The Bertz CT molecular complexity index is 964. The summed E-state index contributed by atoms with van der Waals surface area (Å²) in [5.41, 5.74) is 2.76. The Balaban J connectivity index is 1.48. The van der Waals surface area contributed by atoms with Gasteiger partial charge in [-0.1, -0.05) is 82.9 Å². The number of carbonyl (C=O) groups excluding carboxylic acids is 1. The standard InChI is InChI=1S/C28H36N2O2/c1-4-5-6-7-10-21-32-23-15-13-22(14-16-23)17-19-28-27(2,3)24-11-8-9-12-25(24)30(28)20-18-26(31)29-28/h8-9,11-17,19H,4-7,10,18,20-21H2,1-3H3,(H,29,31)/b19-17+. The van der Waals surface area contributed by atoms with Crippen molar-refractivity contribution in [3.63, 3.8) is 0 Å². The van der Waals surface area contributed by atoms with E-state index in [1.807, 2.05) is 12.1 Å². The molecule has 0 spiro atoms. The molecule has 0 bridgehead atoms. The number of hydrogen-bond donors (Lipinski definition) is 1. The maximum absolute atomic E-state index is 12.5. The maximum Gasteiger partial charge on any atom is 0.223 e. The SMILES string of the molecule is CCCCCCCOc1ccc(/C=C/C23NC(=O)CCN2c2ccccc2C3(C)C)cc1. The van der Waals surface area contributed by atoms with Crippen LogP contribution in [0.2, 0.25) is 0 Å². The third-order valence-electron chi connectivity index (χ3n) is 7.05. The van der Waals surface area contributed by atoms with Crippen molar-refractivity contribution < 1.29 is 9.53 Å². The van der Waals surface area contributed by atoms with E-state index in [2.05, 4.69) is 79.5 Å². The molecule has 2 aliphatic rings. The van der Waals surface area contributed by atoms with Crippen molar-refractivity contribution in [2.24, 2.45) is 0 Å². The number of nitrogens with zero attached hydrogens (tertiary/aromatic N) is 1. The molecule has 0 radical (unpaired) electrons. The fourth-order valence-electron chi connectivity index (χ4n) is 5.11. The highest BCUT2D eigenvalue weighted by atomic mass is 16.5. The molecule has 2 aromatic rings. The van der Waals surface area contributed by atoms with Crippen LogP contribution in [0.3, 0.4) is 0 Å². The lowest BCUT2D eigenvalue weighted by molar-refractivity contribution is -0.124.